The lowest BCUT2D eigenvalue weighted by atomic mass is 10.2. The van der Waals surface area contributed by atoms with E-state index in [4.69, 9.17) is 9.47 Å². The van der Waals surface area contributed by atoms with Crippen molar-refractivity contribution in [2.45, 2.75) is 39.4 Å². The molecule has 0 rings (SSSR count). The fourth-order valence-electron chi connectivity index (χ4n) is 1.02. The highest BCUT2D eigenvalue weighted by Gasteiger charge is 2.05. The minimum atomic E-state index is -0.0139. The van der Waals surface area contributed by atoms with Gasteiger partial charge in [0.25, 0.3) is 0 Å². The lowest BCUT2D eigenvalue weighted by Crippen LogP contribution is -2.16. The summed E-state index contributed by atoms with van der Waals surface area (Å²) in [6, 6.07) is 0. The number of hydrogen-bond donors (Lipinski definition) is 0. The smallest absolute Gasteiger partial charge is 0.157 e. The number of hydrogen-bond acceptors (Lipinski definition) is 2. The number of unbranched alkanes of at least 4 members (excludes halogenated alkanes) is 1. The molecule has 0 atom stereocenters. The molecule has 12 heavy (non-hydrogen) atoms. The Balaban J connectivity index is 3.40. The fourth-order valence-corrected chi connectivity index (χ4v) is 1.02. The molecule has 2 heteroatoms. The third-order valence-corrected chi connectivity index (χ3v) is 1.55. The fraction of sp³-hybridized carbons (Fsp3) is 0.800. The molecule has 0 aromatic rings. The van der Waals surface area contributed by atoms with Crippen LogP contribution in [0.1, 0.15) is 33.1 Å². The molecule has 0 aromatic carbocycles. The first-order chi connectivity index (χ1) is 5.85. The Kier molecular flexibility index (Phi) is 8.51. The van der Waals surface area contributed by atoms with E-state index >= 15 is 0 Å². The molecule has 0 aliphatic heterocycles. The van der Waals surface area contributed by atoms with Crippen LogP contribution in [0.2, 0.25) is 0 Å². The minimum Gasteiger partial charge on any atom is -0.353 e. The first-order valence-corrected chi connectivity index (χ1v) is 4.69. The lowest BCUT2D eigenvalue weighted by molar-refractivity contribution is -0.139. The number of allylic oxidation sites excluding steroid dienone is 1. The van der Waals surface area contributed by atoms with Crippen molar-refractivity contribution in [3.63, 3.8) is 0 Å². The van der Waals surface area contributed by atoms with Crippen LogP contribution in [0.25, 0.3) is 0 Å². The van der Waals surface area contributed by atoms with Gasteiger partial charge in [0.2, 0.25) is 0 Å². The van der Waals surface area contributed by atoms with Gasteiger partial charge in [0.15, 0.2) is 6.29 Å². The van der Waals surface area contributed by atoms with Crippen molar-refractivity contribution in [2.75, 3.05) is 13.2 Å². The summed E-state index contributed by atoms with van der Waals surface area (Å²) in [5, 5.41) is 0. The molecular weight excluding hydrogens is 152 g/mol. The van der Waals surface area contributed by atoms with Gasteiger partial charge in [-0.25, -0.2) is 0 Å². The second kappa shape index (κ2) is 8.75. The molecule has 0 radical (unpaired) electrons. The van der Waals surface area contributed by atoms with E-state index in [1.165, 1.54) is 0 Å². The predicted molar refractivity (Wildman–Crippen MR) is 51.1 cm³/mol. The van der Waals surface area contributed by atoms with Gasteiger partial charge in [-0.1, -0.05) is 6.08 Å². The molecule has 72 valence electrons. The molecule has 0 fully saturated rings. The molecule has 0 spiro atoms. The minimum absolute atomic E-state index is 0.0139. The van der Waals surface area contributed by atoms with E-state index in [2.05, 4.69) is 6.58 Å². The Morgan fingerprint density at radius 1 is 1.25 bits per heavy atom. The molecule has 0 N–H and O–H groups in total. The molecule has 0 aliphatic carbocycles. The highest BCUT2D eigenvalue weighted by atomic mass is 16.7. The second-order valence-electron chi connectivity index (χ2n) is 2.56. The van der Waals surface area contributed by atoms with Crippen LogP contribution in [0.3, 0.4) is 0 Å². The van der Waals surface area contributed by atoms with Gasteiger partial charge in [-0.05, 0) is 33.1 Å². The summed E-state index contributed by atoms with van der Waals surface area (Å²) in [7, 11) is 0. The van der Waals surface area contributed by atoms with E-state index < -0.39 is 0 Å². The second-order valence-corrected chi connectivity index (χ2v) is 2.56. The molecule has 0 heterocycles. The average Bonchev–Trinajstić information content (AvgIpc) is 2.06. The molecular formula is C10H20O2. The maximum Gasteiger partial charge on any atom is 0.157 e. The molecule has 0 saturated heterocycles. The summed E-state index contributed by atoms with van der Waals surface area (Å²) in [5.74, 6) is 0. The summed E-state index contributed by atoms with van der Waals surface area (Å²) in [6.07, 6.45) is 5.01. The molecule has 0 bridgehead atoms. The molecule has 0 aliphatic rings. The largest absolute Gasteiger partial charge is 0.353 e. The zero-order valence-electron chi connectivity index (χ0n) is 8.21. The van der Waals surface area contributed by atoms with Crippen LogP contribution in [-0.4, -0.2) is 19.5 Å². The molecule has 0 saturated carbocycles. The van der Waals surface area contributed by atoms with Gasteiger partial charge in [-0.2, -0.15) is 0 Å². The van der Waals surface area contributed by atoms with E-state index in [-0.39, 0.29) is 6.29 Å². The average molecular weight is 172 g/mol. The Morgan fingerprint density at radius 2 is 1.83 bits per heavy atom. The summed E-state index contributed by atoms with van der Waals surface area (Å²) in [4.78, 5) is 0. The van der Waals surface area contributed by atoms with Crippen LogP contribution in [0.5, 0.6) is 0 Å². The van der Waals surface area contributed by atoms with Gasteiger partial charge in [0.05, 0.1) is 0 Å². The van der Waals surface area contributed by atoms with E-state index in [0.29, 0.717) is 0 Å². The maximum absolute atomic E-state index is 5.37. The van der Waals surface area contributed by atoms with Crippen LogP contribution in [0.4, 0.5) is 0 Å². The van der Waals surface area contributed by atoms with Gasteiger partial charge in [-0.15, -0.1) is 6.58 Å². The van der Waals surface area contributed by atoms with Gasteiger partial charge in [-0.3, -0.25) is 0 Å². The van der Waals surface area contributed by atoms with Crippen LogP contribution in [0, 0.1) is 0 Å². The summed E-state index contributed by atoms with van der Waals surface area (Å²) >= 11 is 0. The van der Waals surface area contributed by atoms with Crippen LogP contribution in [-0.2, 0) is 9.47 Å². The monoisotopic (exact) mass is 172 g/mol. The number of rotatable bonds is 8. The third kappa shape index (κ3) is 6.38. The highest BCUT2D eigenvalue weighted by molar-refractivity contribution is 4.65. The van der Waals surface area contributed by atoms with Crippen LogP contribution >= 0.6 is 0 Å². The van der Waals surface area contributed by atoms with Crippen molar-refractivity contribution in [2.24, 2.45) is 0 Å². The van der Waals surface area contributed by atoms with E-state index in [9.17, 15) is 0 Å². The van der Waals surface area contributed by atoms with Crippen molar-refractivity contribution in [3.05, 3.63) is 12.7 Å². The molecule has 0 unspecified atom stereocenters. The Labute approximate surface area is 75.6 Å². The van der Waals surface area contributed by atoms with Gasteiger partial charge < -0.3 is 9.47 Å². The summed E-state index contributed by atoms with van der Waals surface area (Å²) < 4.78 is 10.7. The first kappa shape index (κ1) is 11.7. The Bertz CT molecular complexity index is 96.0. The quantitative estimate of drug-likeness (QED) is 0.318. The standard InChI is InChI=1S/C10H20O2/c1-4-7-8-9-10(11-5-2)12-6-3/h4,10H,1,5-9H2,2-3H3. The molecule has 0 aromatic heterocycles. The van der Waals surface area contributed by atoms with E-state index in [1.54, 1.807) is 0 Å². The Hall–Kier alpha value is -0.340. The van der Waals surface area contributed by atoms with E-state index in [0.717, 1.165) is 32.5 Å². The predicted octanol–water partition coefficient (Wildman–Crippen LogP) is 2.74. The van der Waals surface area contributed by atoms with Crippen molar-refractivity contribution >= 4 is 0 Å². The van der Waals surface area contributed by atoms with Crippen LogP contribution < -0.4 is 0 Å². The van der Waals surface area contributed by atoms with Gasteiger partial charge in [0.1, 0.15) is 0 Å². The highest BCUT2D eigenvalue weighted by Crippen LogP contribution is 2.06. The van der Waals surface area contributed by atoms with Crippen molar-refractivity contribution in [1.82, 2.24) is 0 Å². The van der Waals surface area contributed by atoms with Gasteiger partial charge in [0, 0.05) is 13.2 Å². The zero-order chi connectivity index (χ0) is 9.23. The van der Waals surface area contributed by atoms with Crippen molar-refractivity contribution in [1.29, 1.82) is 0 Å². The lowest BCUT2D eigenvalue weighted by Gasteiger charge is -2.15. The maximum atomic E-state index is 5.37. The topological polar surface area (TPSA) is 18.5 Å². The number of ether oxygens (including phenoxy) is 2. The first-order valence-electron chi connectivity index (χ1n) is 4.69. The van der Waals surface area contributed by atoms with Crippen molar-refractivity contribution in [3.8, 4) is 0 Å². The Morgan fingerprint density at radius 3 is 2.25 bits per heavy atom. The third-order valence-electron chi connectivity index (χ3n) is 1.55. The SMILES string of the molecule is C=CCCCC(OCC)OCC. The summed E-state index contributed by atoms with van der Waals surface area (Å²) in [6.45, 7) is 9.08. The zero-order valence-corrected chi connectivity index (χ0v) is 8.21. The van der Waals surface area contributed by atoms with Crippen molar-refractivity contribution < 1.29 is 9.47 Å². The normalized spacial score (nSPS) is 10.6. The molecule has 2 nitrogen and oxygen atoms in total. The van der Waals surface area contributed by atoms with Gasteiger partial charge >= 0.3 is 0 Å². The van der Waals surface area contributed by atoms with Crippen LogP contribution in [0.15, 0.2) is 12.7 Å². The summed E-state index contributed by atoms with van der Waals surface area (Å²) in [5.41, 5.74) is 0. The van der Waals surface area contributed by atoms with E-state index in [1.807, 2.05) is 19.9 Å². The molecule has 0 amide bonds.